The van der Waals surface area contributed by atoms with Crippen molar-refractivity contribution in [2.75, 3.05) is 14.2 Å². The van der Waals surface area contributed by atoms with Crippen LogP contribution < -0.4 is 0 Å². The lowest BCUT2D eigenvalue weighted by Gasteiger charge is -2.19. The van der Waals surface area contributed by atoms with E-state index in [1.807, 2.05) is 6.55 Å². The minimum absolute atomic E-state index is 0.773. The van der Waals surface area contributed by atoms with E-state index in [1.54, 1.807) is 19.6 Å². The van der Waals surface area contributed by atoms with Crippen molar-refractivity contribution in [1.29, 1.82) is 0 Å². The summed E-state index contributed by atoms with van der Waals surface area (Å²) in [4.78, 5) is 0. The molecule has 0 aliphatic rings. The molecule has 0 radical (unpaired) electrons. The van der Waals surface area contributed by atoms with E-state index in [-0.39, 0.29) is 0 Å². The molecule has 0 aromatic rings. The minimum atomic E-state index is -1.86. The van der Waals surface area contributed by atoms with E-state index in [1.165, 1.54) is 0 Å². The van der Waals surface area contributed by atoms with Crippen LogP contribution in [0, 0.1) is 0 Å². The lowest BCUT2D eigenvalue weighted by molar-refractivity contribution is 0.255. The van der Waals surface area contributed by atoms with E-state index >= 15 is 0 Å². The highest BCUT2D eigenvalue weighted by Gasteiger charge is 2.26. The fraction of sp³-hybridized carbons (Fsp3) is 0.800. The van der Waals surface area contributed by atoms with Gasteiger partial charge in [0.1, 0.15) is 0 Å². The minimum Gasteiger partial charge on any atom is -0.398 e. The third-order valence-corrected chi connectivity index (χ3v) is 4.45. The van der Waals surface area contributed by atoms with Gasteiger partial charge in [-0.3, -0.25) is 0 Å². The Labute approximate surface area is 62.4 Å². The molecule has 0 aliphatic heterocycles. The first kappa shape index (κ1) is 9.23. The first-order valence-electron chi connectivity index (χ1n) is 2.72. The summed E-state index contributed by atoms with van der Waals surface area (Å²) in [6.07, 6.45) is 0. The molecule has 0 amide bonds. The molecule has 0 bridgehead atoms. The quantitative estimate of drug-likeness (QED) is 0.461. The van der Waals surface area contributed by atoms with E-state index in [9.17, 15) is 0 Å². The summed E-state index contributed by atoms with van der Waals surface area (Å²) in [6, 6.07) is 0.773. The predicted octanol–water partition coefficient (Wildman–Crippen LogP) is 1.35. The van der Waals surface area contributed by atoms with E-state index in [0.29, 0.717) is 0 Å². The van der Waals surface area contributed by atoms with E-state index < -0.39 is 8.56 Å². The second-order valence-corrected chi connectivity index (χ2v) is 5.74. The SMILES string of the molecule is CO[Si](C)(CC=S)OC. The number of thiocarbonyl (C=S) groups is 1. The van der Waals surface area contributed by atoms with E-state index in [0.717, 1.165) is 6.04 Å². The highest BCUT2D eigenvalue weighted by Crippen LogP contribution is 2.08. The molecular weight excluding hydrogens is 152 g/mol. The maximum atomic E-state index is 5.15. The molecule has 0 rings (SSSR count). The van der Waals surface area contributed by atoms with Gasteiger partial charge in [-0.1, -0.05) is 12.2 Å². The fourth-order valence-electron chi connectivity index (χ4n) is 0.401. The van der Waals surface area contributed by atoms with Gasteiger partial charge in [0, 0.05) is 20.3 Å². The number of hydrogen-bond donors (Lipinski definition) is 0. The van der Waals surface area contributed by atoms with Crippen LogP contribution in [0.1, 0.15) is 0 Å². The molecule has 2 nitrogen and oxygen atoms in total. The summed E-state index contributed by atoms with van der Waals surface area (Å²) < 4.78 is 10.3. The molecule has 0 aromatic heterocycles. The van der Waals surface area contributed by atoms with Gasteiger partial charge in [0.05, 0.1) is 0 Å². The van der Waals surface area contributed by atoms with E-state index in [2.05, 4.69) is 12.2 Å². The monoisotopic (exact) mass is 164 g/mol. The van der Waals surface area contributed by atoms with Crippen molar-refractivity contribution >= 4 is 26.1 Å². The van der Waals surface area contributed by atoms with Crippen LogP contribution in [0.3, 0.4) is 0 Å². The molecule has 4 heteroatoms. The number of rotatable bonds is 4. The molecule has 9 heavy (non-hydrogen) atoms. The van der Waals surface area contributed by atoms with Crippen LogP contribution in [-0.2, 0) is 8.85 Å². The third-order valence-electron chi connectivity index (χ3n) is 1.32. The zero-order valence-corrected chi connectivity index (χ0v) is 7.83. The maximum absolute atomic E-state index is 5.15. The molecule has 0 atom stereocenters. The summed E-state index contributed by atoms with van der Waals surface area (Å²) in [5.74, 6) is 0. The fourth-order valence-corrected chi connectivity index (χ4v) is 2.11. The summed E-state index contributed by atoms with van der Waals surface area (Å²) in [7, 11) is 1.47. The van der Waals surface area contributed by atoms with Crippen LogP contribution in [0.15, 0.2) is 0 Å². The average molecular weight is 164 g/mol. The Morgan fingerprint density at radius 3 is 2.00 bits per heavy atom. The Bertz CT molecular complexity index is 93.0. The topological polar surface area (TPSA) is 18.5 Å². The van der Waals surface area contributed by atoms with Gasteiger partial charge in [0.2, 0.25) is 0 Å². The molecule has 0 fully saturated rings. The van der Waals surface area contributed by atoms with Crippen LogP contribution in [0.4, 0.5) is 0 Å². The molecule has 0 aliphatic carbocycles. The zero-order valence-electron chi connectivity index (χ0n) is 6.01. The van der Waals surface area contributed by atoms with Crippen molar-refractivity contribution in [3.05, 3.63) is 0 Å². The van der Waals surface area contributed by atoms with Gasteiger partial charge in [-0.2, -0.15) is 0 Å². The molecule has 0 aromatic carbocycles. The molecule has 0 saturated heterocycles. The highest BCUT2D eigenvalue weighted by molar-refractivity contribution is 7.79. The smallest absolute Gasteiger partial charge is 0.339 e. The van der Waals surface area contributed by atoms with E-state index in [4.69, 9.17) is 8.85 Å². The second kappa shape index (κ2) is 4.11. The van der Waals surface area contributed by atoms with Crippen LogP contribution in [0.5, 0.6) is 0 Å². The summed E-state index contributed by atoms with van der Waals surface area (Å²) in [6.45, 7) is 1.98. The molecule has 54 valence electrons. The van der Waals surface area contributed by atoms with Crippen LogP contribution >= 0.6 is 12.2 Å². The normalized spacial score (nSPS) is 11.4. The summed E-state index contributed by atoms with van der Waals surface area (Å²) in [5.41, 5.74) is 0. The lowest BCUT2D eigenvalue weighted by atomic mass is 11.0. The van der Waals surface area contributed by atoms with Gasteiger partial charge in [0.25, 0.3) is 0 Å². The van der Waals surface area contributed by atoms with Crippen LogP contribution in [-0.4, -0.2) is 28.1 Å². The second-order valence-electron chi connectivity index (χ2n) is 1.91. The largest absolute Gasteiger partial charge is 0.398 e. The molecule has 0 unspecified atom stereocenters. The standard InChI is InChI=1S/C5H12O2SSi/c1-6-9(3,7-2)5-4-8/h4H,5H2,1-3H3. The van der Waals surface area contributed by atoms with Crippen molar-refractivity contribution < 1.29 is 8.85 Å². The number of hydrogen-bond acceptors (Lipinski definition) is 3. The molecular formula is C5H12O2SSi. The van der Waals surface area contributed by atoms with Gasteiger partial charge in [-0.05, 0) is 11.9 Å². The van der Waals surface area contributed by atoms with Gasteiger partial charge in [-0.15, -0.1) is 0 Å². The first-order valence-corrected chi connectivity index (χ1v) is 5.72. The van der Waals surface area contributed by atoms with Gasteiger partial charge in [0.15, 0.2) is 0 Å². The third kappa shape index (κ3) is 3.05. The van der Waals surface area contributed by atoms with Crippen molar-refractivity contribution in [3.63, 3.8) is 0 Å². The molecule has 0 saturated carbocycles. The van der Waals surface area contributed by atoms with Crippen LogP contribution in [0.2, 0.25) is 12.6 Å². The van der Waals surface area contributed by atoms with Crippen molar-refractivity contribution in [2.45, 2.75) is 12.6 Å². The lowest BCUT2D eigenvalue weighted by Crippen LogP contribution is -2.35. The predicted molar refractivity (Wildman–Crippen MR) is 44.1 cm³/mol. The summed E-state index contributed by atoms with van der Waals surface area (Å²) >= 11 is 4.68. The van der Waals surface area contributed by atoms with Gasteiger partial charge < -0.3 is 8.85 Å². The molecule has 0 heterocycles. The molecule has 0 N–H and O–H groups in total. The van der Waals surface area contributed by atoms with Crippen molar-refractivity contribution in [3.8, 4) is 0 Å². The zero-order chi connectivity index (χ0) is 7.33. The average Bonchev–Trinajstić information content (AvgIpc) is 1.89. The maximum Gasteiger partial charge on any atom is 0.339 e. The highest BCUT2D eigenvalue weighted by atomic mass is 32.1. The van der Waals surface area contributed by atoms with Crippen molar-refractivity contribution in [2.24, 2.45) is 0 Å². The molecule has 0 spiro atoms. The van der Waals surface area contributed by atoms with Crippen molar-refractivity contribution in [1.82, 2.24) is 0 Å². The Kier molecular flexibility index (Phi) is 4.21. The Morgan fingerprint density at radius 2 is 1.89 bits per heavy atom. The Morgan fingerprint density at radius 1 is 1.44 bits per heavy atom. The van der Waals surface area contributed by atoms with Gasteiger partial charge in [-0.25, -0.2) is 0 Å². The Hall–Kier alpha value is 0.227. The van der Waals surface area contributed by atoms with Crippen LogP contribution in [0.25, 0.3) is 0 Å². The Balaban J connectivity index is 3.75. The van der Waals surface area contributed by atoms with Gasteiger partial charge >= 0.3 is 8.56 Å². The first-order chi connectivity index (χ1) is 4.18. The summed E-state index contributed by atoms with van der Waals surface area (Å²) in [5, 5.41) is 1.67.